The molecule has 0 aliphatic rings. The Morgan fingerprint density at radius 3 is 3.00 bits per heavy atom. The van der Waals surface area contributed by atoms with E-state index in [4.69, 9.17) is 5.84 Å². The van der Waals surface area contributed by atoms with Crippen LogP contribution < -0.4 is 11.3 Å². The number of nitrogens with one attached hydrogen (secondary N) is 1. The van der Waals surface area contributed by atoms with E-state index < -0.39 is 0 Å². The third-order valence-corrected chi connectivity index (χ3v) is 4.61. The lowest BCUT2D eigenvalue weighted by molar-refractivity contribution is 0.618. The van der Waals surface area contributed by atoms with Crippen molar-refractivity contribution >= 4 is 39.0 Å². The third-order valence-electron chi connectivity index (χ3n) is 1.65. The lowest BCUT2D eigenvalue weighted by Gasteiger charge is -2.13. The van der Waals surface area contributed by atoms with Crippen molar-refractivity contribution in [2.45, 2.75) is 13.0 Å². The van der Waals surface area contributed by atoms with Crippen LogP contribution in [0.15, 0.2) is 15.9 Å². The molecule has 0 radical (unpaired) electrons. The molecule has 13 heavy (non-hydrogen) atoms. The molecule has 74 valence electrons. The summed E-state index contributed by atoms with van der Waals surface area (Å²) in [6.45, 7) is 2.15. The van der Waals surface area contributed by atoms with Gasteiger partial charge >= 0.3 is 0 Å². The van der Waals surface area contributed by atoms with E-state index in [-0.39, 0.29) is 6.04 Å². The van der Waals surface area contributed by atoms with Gasteiger partial charge in [0.05, 0.1) is 6.04 Å². The quantitative estimate of drug-likeness (QED) is 0.644. The highest BCUT2D eigenvalue weighted by Crippen LogP contribution is 2.30. The molecule has 5 heteroatoms. The molecule has 1 heterocycles. The molecule has 0 spiro atoms. The predicted molar refractivity (Wildman–Crippen MR) is 65.1 cm³/mol. The van der Waals surface area contributed by atoms with Crippen LogP contribution in [0.1, 0.15) is 17.8 Å². The summed E-state index contributed by atoms with van der Waals surface area (Å²) >= 11 is 7.13. The average Bonchev–Trinajstić information content (AvgIpc) is 2.54. The molecule has 1 rings (SSSR count). The molecule has 0 aromatic carbocycles. The molecule has 0 aliphatic carbocycles. The highest BCUT2D eigenvalue weighted by Gasteiger charge is 2.13. The zero-order chi connectivity index (χ0) is 9.68. The van der Waals surface area contributed by atoms with E-state index in [1.165, 1.54) is 4.88 Å². The Morgan fingerprint density at radius 2 is 2.54 bits per heavy atom. The average molecular weight is 281 g/mol. The second kappa shape index (κ2) is 6.03. The number of thiophene rings is 1. The second-order valence-corrected chi connectivity index (χ2v) is 5.63. The predicted octanol–water partition coefficient (Wildman–Crippen LogP) is 2.77. The Morgan fingerprint density at radius 1 is 1.77 bits per heavy atom. The first-order valence-electron chi connectivity index (χ1n) is 4.06. The third kappa shape index (κ3) is 3.25. The molecule has 3 N–H and O–H groups in total. The first kappa shape index (κ1) is 11.5. The van der Waals surface area contributed by atoms with E-state index in [0.717, 1.165) is 16.0 Å². The van der Waals surface area contributed by atoms with Gasteiger partial charge in [0.15, 0.2) is 0 Å². The van der Waals surface area contributed by atoms with Crippen LogP contribution in [0.3, 0.4) is 0 Å². The number of thioether (sulfide) groups is 1. The smallest absolute Gasteiger partial charge is 0.0654 e. The van der Waals surface area contributed by atoms with Crippen molar-refractivity contribution < 1.29 is 0 Å². The summed E-state index contributed by atoms with van der Waals surface area (Å²) in [5, 5.41) is 2.07. The normalized spacial score (nSPS) is 13.2. The number of hydrogen-bond donors (Lipinski definition) is 2. The molecule has 2 nitrogen and oxygen atoms in total. The van der Waals surface area contributed by atoms with E-state index in [1.807, 2.05) is 11.8 Å². The Hall–Kier alpha value is 0.450. The topological polar surface area (TPSA) is 38.0 Å². The molecular weight excluding hydrogens is 268 g/mol. The van der Waals surface area contributed by atoms with Crippen LogP contribution >= 0.6 is 39.0 Å². The van der Waals surface area contributed by atoms with Gasteiger partial charge in [-0.3, -0.25) is 11.3 Å². The van der Waals surface area contributed by atoms with Crippen molar-refractivity contribution in [1.82, 2.24) is 5.43 Å². The number of hydrazine groups is 1. The summed E-state index contributed by atoms with van der Waals surface area (Å²) in [5.74, 6) is 7.64. The summed E-state index contributed by atoms with van der Waals surface area (Å²) in [6, 6.07) is 2.32. The van der Waals surface area contributed by atoms with Gasteiger partial charge in [0, 0.05) is 15.1 Å². The Bertz CT molecular complexity index is 252. The highest BCUT2D eigenvalue weighted by atomic mass is 79.9. The maximum atomic E-state index is 5.50. The molecule has 0 amide bonds. The molecule has 0 saturated carbocycles. The fourth-order valence-corrected chi connectivity index (χ4v) is 3.54. The van der Waals surface area contributed by atoms with Crippen LogP contribution in [-0.2, 0) is 0 Å². The maximum Gasteiger partial charge on any atom is 0.0654 e. The molecule has 0 saturated heterocycles. The van der Waals surface area contributed by atoms with Crippen molar-refractivity contribution in [3.8, 4) is 0 Å². The van der Waals surface area contributed by atoms with Gasteiger partial charge in [-0.1, -0.05) is 6.92 Å². The van der Waals surface area contributed by atoms with Gasteiger partial charge in [0.1, 0.15) is 0 Å². The van der Waals surface area contributed by atoms with E-state index >= 15 is 0 Å². The van der Waals surface area contributed by atoms with Gasteiger partial charge in [-0.15, -0.1) is 11.3 Å². The monoisotopic (exact) mass is 280 g/mol. The summed E-state index contributed by atoms with van der Waals surface area (Å²) in [5.41, 5.74) is 2.84. The van der Waals surface area contributed by atoms with E-state index in [0.29, 0.717) is 0 Å². The fraction of sp³-hybridized carbons (Fsp3) is 0.500. The standard InChI is InChI=1S/C8H13BrN2S2/c1-2-12-5-7(11-10)8-6(9)3-4-13-8/h3-4,7,11H,2,5,10H2,1H3. The zero-order valence-corrected chi connectivity index (χ0v) is 10.6. The summed E-state index contributed by atoms with van der Waals surface area (Å²) in [6.07, 6.45) is 0. The summed E-state index contributed by atoms with van der Waals surface area (Å²) < 4.78 is 1.15. The Kier molecular flexibility index (Phi) is 5.35. The minimum atomic E-state index is 0.263. The zero-order valence-electron chi connectivity index (χ0n) is 7.42. The molecular formula is C8H13BrN2S2. The fourth-order valence-electron chi connectivity index (χ4n) is 0.989. The van der Waals surface area contributed by atoms with Crippen molar-refractivity contribution in [3.63, 3.8) is 0 Å². The number of rotatable bonds is 5. The van der Waals surface area contributed by atoms with Crippen molar-refractivity contribution in [2.24, 2.45) is 5.84 Å². The number of halogens is 1. The maximum absolute atomic E-state index is 5.50. The van der Waals surface area contributed by atoms with Gasteiger partial charge in [-0.2, -0.15) is 11.8 Å². The van der Waals surface area contributed by atoms with E-state index in [1.54, 1.807) is 11.3 Å². The molecule has 0 bridgehead atoms. The molecule has 1 atom stereocenters. The molecule has 0 fully saturated rings. The minimum Gasteiger partial charge on any atom is -0.271 e. The van der Waals surface area contributed by atoms with E-state index in [2.05, 4.69) is 39.7 Å². The van der Waals surface area contributed by atoms with Crippen molar-refractivity contribution in [2.75, 3.05) is 11.5 Å². The van der Waals surface area contributed by atoms with Gasteiger partial charge in [-0.25, -0.2) is 0 Å². The summed E-state index contributed by atoms with van der Waals surface area (Å²) in [7, 11) is 0. The van der Waals surface area contributed by atoms with Gasteiger partial charge < -0.3 is 0 Å². The van der Waals surface area contributed by atoms with Crippen LogP contribution in [0.25, 0.3) is 0 Å². The lowest BCUT2D eigenvalue weighted by atomic mass is 10.3. The minimum absolute atomic E-state index is 0.263. The van der Waals surface area contributed by atoms with Gasteiger partial charge in [0.25, 0.3) is 0 Å². The molecule has 1 aromatic heterocycles. The lowest BCUT2D eigenvalue weighted by Crippen LogP contribution is -2.29. The number of hydrogen-bond acceptors (Lipinski definition) is 4. The van der Waals surface area contributed by atoms with Crippen molar-refractivity contribution in [1.29, 1.82) is 0 Å². The highest BCUT2D eigenvalue weighted by molar-refractivity contribution is 9.10. The first-order valence-corrected chi connectivity index (χ1v) is 6.89. The summed E-state index contributed by atoms with van der Waals surface area (Å²) in [4.78, 5) is 1.28. The van der Waals surface area contributed by atoms with Crippen LogP contribution in [0, 0.1) is 0 Å². The van der Waals surface area contributed by atoms with Gasteiger partial charge in [-0.05, 0) is 33.1 Å². The number of nitrogens with two attached hydrogens (primary N) is 1. The molecule has 1 unspecified atom stereocenters. The molecule has 1 aromatic rings. The Balaban J connectivity index is 2.61. The largest absolute Gasteiger partial charge is 0.271 e. The second-order valence-electron chi connectivity index (χ2n) is 2.51. The van der Waals surface area contributed by atoms with Crippen molar-refractivity contribution in [3.05, 3.63) is 20.8 Å². The van der Waals surface area contributed by atoms with Gasteiger partial charge in [0.2, 0.25) is 0 Å². The first-order chi connectivity index (χ1) is 6.29. The van der Waals surface area contributed by atoms with Crippen LogP contribution in [-0.4, -0.2) is 11.5 Å². The van der Waals surface area contributed by atoms with Crippen LogP contribution in [0.2, 0.25) is 0 Å². The van der Waals surface area contributed by atoms with E-state index in [9.17, 15) is 0 Å². The Labute approximate surface area is 95.4 Å². The van der Waals surface area contributed by atoms with Crippen LogP contribution in [0.5, 0.6) is 0 Å². The molecule has 0 aliphatic heterocycles. The SMILES string of the molecule is CCSCC(NN)c1sccc1Br. The van der Waals surface area contributed by atoms with Crippen LogP contribution in [0.4, 0.5) is 0 Å².